The molecule has 1 heterocycles. The third kappa shape index (κ3) is 10.6. The molecule has 230 valence electrons. The number of rotatable bonds is 11. The van der Waals surface area contributed by atoms with Gasteiger partial charge < -0.3 is 30.7 Å². The summed E-state index contributed by atoms with van der Waals surface area (Å²) < 4.78 is 5.37. The molecule has 4 amide bonds. The van der Waals surface area contributed by atoms with Gasteiger partial charge in [-0.15, -0.1) is 0 Å². The van der Waals surface area contributed by atoms with Crippen LogP contribution in [-0.2, 0) is 25.5 Å². The summed E-state index contributed by atoms with van der Waals surface area (Å²) in [6, 6.07) is 6.52. The Balaban J connectivity index is 2.27. The third-order valence-electron chi connectivity index (χ3n) is 7.21. The molecule has 5 atom stereocenters. The van der Waals surface area contributed by atoms with Crippen LogP contribution in [0.4, 0.5) is 4.79 Å². The molecule has 0 bridgehead atoms. The summed E-state index contributed by atoms with van der Waals surface area (Å²) in [5.41, 5.74) is -0.656. The summed E-state index contributed by atoms with van der Waals surface area (Å²) in [5.74, 6) is -1.09. The lowest BCUT2D eigenvalue weighted by atomic mass is 9.85. The van der Waals surface area contributed by atoms with E-state index in [1.807, 2.05) is 44.2 Å². The van der Waals surface area contributed by atoms with Gasteiger partial charge in [-0.1, -0.05) is 71.4 Å². The summed E-state index contributed by atoms with van der Waals surface area (Å²) in [6.45, 7) is 15.5. The van der Waals surface area contributed by atoms with Crippen LogP contribution in [0.25, 0.3) is 0 Å². The second kappa shape index (κ2) is 14.7. The number of alkyl carbamates (subject to hydrolysis) is 1. The second-order valence-corrected chi connectivity index (χ2v) is 13.1. The van der Waals surface area contributed by atoms with Gasteiger partial charge in [-0.05, 0) is 56.9 Å². The quantitative estimate of drug-likeness (QED) is 0.321. The lowest BCUT2D eigenvalue weighted by Gasteiger charge is -2.34. The minimum absolute atomic E-state index is 0.168. The molecular formula is C31H50N4O6. The molecule has 0 radical (unpaired) electrons. The highest BCUT2D eigenvalue weighted by Gasteiger charge is 2.41. The lowest BCUT2D eigenvalue weighted by Crippen LogP contribution is -2.60. The van der Waals surface area contributed by atoms with Crippen molar-refractivity contribution >= 4 is 23.8 Å². The van der Waals surface area contributed by atoms with Crippen LogP contribution in [0.5, 0.6) is 0 Å². The average molecular weight is 575 g/mol. The summed E-state index contributed by atoms with van der Waals surface area (Å²) >= 11 is 0. The second-order valence-electron chi connectivity index (χ2n) is 13.1. The Morgan fingerprint density at radius 2 is 1.68 bits per heavy atom. The van der Waals surface area contributed by atoms with Gasteiger partial charge in [0.15, 0.2) is 6.10 Å². The zero-order valence-corrected chi connectivity index (χ0v) is 26.0. The van der Waals surface area contributed by atoms with Crippen LogP contribution in [0.3, 0.4) is 0 Å². The Hall–Kier alpha value is -3.14. The van der Waals surface area contributed by atoms with E-state index in [2.05, 4.69) is 16.0 Å². The lowest BCUT2D eigenvalue weighted by molar-refractivity contribution is -0.147. The first-order valence-corrected chi connectivity index (χ1v) is 14.6. The number of nitrogens with one attached hydrogen (secondary N) is 3. The van der Waals surface area contributed by atoms with Crippen LogP contribution >= 0.6 is 0 Å². The number of amides is 4. The minimum atomic E-state index is -1.61. The summed E-state index contributed by atoms with van der Waals surface area (Å²) in [7, 11) is 0. The summed E-state index contributed by atoms with van der Waals surface area (Å²) in [4.78, 5) is 54.2. The molecule has 2 rings (SSSR count). The topological polar surface area (TPSA) is 137 Å². The van der Waals surface area contributed by atoms with Gasteiger partial charge in [-0.2, -0.15) is 0 Å². The van der Waals surface area contributed by atoms with Crippen molar-refractivity contribution in [3.05, 3.63) is 35.9 Å². The fraction of sp³-hybridized carbons (Fsp3) is 0.677. The van der Waals surface area contributed by atoms with E-state index in [0.717, 1.165) is 12.0 Å². The molecule has 10 heteroatoms. The van der Waals surface area contributed by atoms with Crippen LogP contribution in [-0.4, -0.2) is 76.7 Å². The molecule has 1 fully saturated rings. The number of likely N-dealkylation sites (tertiary alicyclic amines) is 1. The fourth-order valence-electron chi connectivity index (χ4n) is 4.66. The van der Waals surface area contributed by atoms with E-state index >= 15 is 0 Å². The normalized spacial score (nSPS) is 18.6. The fourth-order valence-corrected chi connectivity index (χ4v) is 4.66. The molecule has 1 aliphatic heterocycles. The number of aliphatic hydroxyl groups excluding tert-OH is 1. The monoisotopic (exact) mass is 574 g/mol. The van der Waals surface area contributed by atoms with E-state index < -0.39 is 53.2 Å². The highest BCUT2D eigenvalue weighted by atomic mass is 16.6. The molecule has 1 aromatic carbocycles. The Bertz CT molecular complexity index is 1030. The maximum atomic E-state index is 13.6. The van der Waals surface area contributed by atoms with Crippen LogP contribution in [0.15, 0.2) is 30.3 Å². The van der Waals surface area contributed by atoms with E-state index in [4.69, 9.17) is 4.74 Å². The SMILES string of the molecule is CC[C@H](C)CNC(=O)[C@@H]1CCCN1C(=O)C(O)[C@H](Cc1ccccc1)NC(=O)[C@@H](NC(=O)OC(C)(C)C)C(C)(C)C. The van der Waals surface area contributed by atoms with Gasteiger partial charge in [-0.25, -0.2) is 4.79 Å². The van der Waals surface area contributed by atoms with Crippen molar-refractivity contribution in [1.29, 1.82) is 0 Å². The van der Waals surface area contributed by atoms with Crippen molar-refractivity contribution in [3.8, 4) is 0 Å². The number of hydrogen-bond donors (Lipinski definition) is 4. The first-order chi connectivity index (χ1) is 19.0. The van der Waals surface area contributed by atoms with Gasteiger partial charge in [0.05, 0.1) is 6.04 Å². The van der Waals surface area contributed by atoms with Crippen molar-refractivity contribution in [3.63, 3.8) is 0 Å². The number of carbonyl (C=O) groups is 4. The molecule has 1 unspecified atom stereocenters. The molecule has 0 saturated carbocycles. The standard InChI is InChI=1S/C31H50N4O6/c1-9-20(2)19-32-26(37)23-16-13-17-35(23)28(39)24(36)22(18-21-14-11-10-12-15-21)33-27(38)25(30(3,4)5)34-29(40)41-31(6,7)8/h10-12,14-15,20,22-25,36H,9,13,16-19H2,1-8H3,(H,32,37)(H,33,38)(H,34,40)/t20-,22-,23-,24?,25+/m0/s1. The maximum absolute atomic E-state index is 13.6. The molecule has 41 heavy (non-hydrogen) atoms. The Morgan fingerprint density at radius 3 is 2.24 bits per heavy atom. The maximum Gasteiger partial charge on any atom is 0.408 e. The molecule has 1 saturated heterocycles. The zero-order valence-electron chi connectivity index (χ0n) is 26.0. The van der Waals surface area contributed by atoms with E-state index in [1.54, 1.807) is 41.5 Å². The van der Waals surface area contributed by atoms with Crippen LogP contribution in [0, 0.1) is 11.3 Å². The van der Waals surface area contributed by atoms with Gasteiger partial charge in [0.25, 0.3) is 5.91 Å². The van der Waals surface area contributed by atoms with Crippen LogP contribution in [0.2, 0.25) is 0 Å². The van der Waals surface area contributed by atoms with Crippen molar-refractivity contribution < 1.29 is 29.0 Å². The van der Waals surface area contributed by atoms with E-state index in [0.29, 0.717) is 31.8 Å². The van der Waals surface area contributed by atoms with Crippen molar-refractivity contribution in [2.45, 2.75) is 111 Å². The van der Waals surface area contributed by atoms with Crippen LogP contribution in [0.1, 0.15) is 80.2 Å². The predicted molar refractivity (Wildman–Crippen MR) is 158 cm³/mol. The molecule has 1 aromatic rings. The predicted octanol–water partition coefficient (Wildman–Crippen LogP) is 3.17. The Kier molecular flexibility index (Phi) is 12.2. The third-order valence-corrected chi connectivity index (χ3v) is 7.21. The first kappa shape index (κ1) is 34.1. The zero-order chi connectivity index (χ0) is 31.0. The molecular weight excluding hydrogens is 524 g/mol. The Morgan fingerprint density at radius 1 is 1.05 bits per heavy atom. The van der Waals surface area contributed by atoms with E-state index in [9.17, 15) is 24.3 Å². The van der Waals surface area contributed by atoms with Gasteiger partial charge in [0.1, 0.15) is 17.7 Å². The van der Waals surface area contributed by atoms with Gasteiger partial charge in [0, 0.05) is 13.1 Å². The number of carbonyl (C=O) groups excluding carboxylic acids is 4. The minimum Gasteiger partial charge on any atom is -0.444 e. The van der Waals surface area contributed by atoms with Crippen molar-refractivity contribution in [1.82, 2.24) is 20.9 Å². The number of hydrogen-bond acceptors (Lipinski definition) is 6. The number of benzene rings is 1. The smallest absolute Gasteiger partial charge is 0.408 e. The number of ether oxygens (including phenoxy) is 1. The van der Waals surface area contributed by atoms with Crippen molar-refractivity contribution in [2.75, 3.05) is 13.1 Å². The molecule has 0 aromatic heterocycles. The largest absolute Gasteiger partial charge is 0.444 e. The molecule has 0 spiro atoms. The average Bonchev–Trinajstić information content (AvgIpc) is 3.38. The number of aliphatic hydroxyl groups is 1. The summed E-state index contributed by atoms with van der Waals surface area (Å²) in [5, 5.41) is 19.8. The summed E-state index contributed by atoms with van der Waals surface area (Å²) in [6.07, 6.45) is -0.114. The molecule has 1 aliphatic rings. The van der Waals surface area contributed by atoms with Gasteiger partial charge in [0.2, 0.25) is 11.8 Å². The molecule has 0 aliphatic carbocycles. The van der Waals surface area contributed by atoms with Crippen LogP contribution < -0.4 is 16.0 Å². The van der Waals surface area contributed by atoms with E-state index in [-0.39, 0.29) is 12.3 Å². The Labute approximate surface area is 245 Å². The highest BCUT2D eigenvalue weighted by Crippen LogP contribution is 2.23. The molecule has 10 nitrogen and oxygen atoms in total. The van der Waals surface area contributed by atoms with Gasteiger partial charge >= 0.3 is 6.09 Å². The number of nitrogens with zero attached hydrogens (tertiary/aromatic N) is 1. The molecule has 4 N–H and O–H groups in total. The van der Waals surface area contributed by atoms with E-state index in [1.165, 1.54) is 4.90 Å². The van der Waals surface area contributed by atoms with Gasteiger partial charge in [-0.3, -0.25) is 14.4 Å². The van der Waals surface area contributed by atoms with Crippen molar-refractivity contribution in [2.24, 2.45) is 11.3 Å². The first-order valence-electron chi connectivity index (χ1n) is 14.6. The highest BCUT2D eigenvalue weighted by molar-refractivity contribution is 5.91.